The van der Waals surface area contributed by atoms with Crippen molar-refractivity contribution in [1.29, 1.82) is 0 Å². The van der Waals surface area contributed by atoms with Gasteiger partial charge in [-0.15, -0.1) is 0 Å². The predicted molar refractivity (Wildman–Crippen MR) is 268 cm³/mol. The third kappa shape index (κ3) is 5.39. The molecule has 6 heteroatoms. The molecular formula is C60H38N4O2. The number of aromatic nitrogens is 4. The van der Waals surface area contributed by atoms with Crippen LogP contribution in [-0.2, 0) is 5.41 Å². The van der Waals surface area contributed by atoms with Crippen LogP contribution in [0.3, 0.4) is 0 Å². The molecule has 4 aromatic heterocycles. The zero-order valence-corrected chi connectivity index (χ0v) is 36.1. The third-order valence-corrected chi connectivity index (χ3v) is 13.9. The first kappa shape index (κ1) is 36.8. The predicted octanol–water partition coefficient (Wildman–Crippen LogP) is 15.7. The zero-order chi connectivity index (χ0) is 43.7. The van der Waals surface area contributed by atoms with Gasteiger partial charge in [-0.1, -0.05) is 141 Å². The average molecular weight is 847 g/mol. The fourth-order valence-corrected chi connectivity index (χ4v) is 10.7. The lowest BCUT2D eigenvalue weighted by Gasteiger charge is -2.21. The Morgan fingerprint density at radius 2 is 0.955 bits per heavy atom. The maximum Gasteiger partial charge on any atom is 0.164 e. The van der Waals surface area contributed by atoms with Crippen LogP contribution < -0.4 is 0 Å². The van der Waals surface area contributed by atoms with Gasteiger partial charge in [-0.3, -0.25) is 0 Å². The van der Waals surface area contributed by atoms with Gasteiger partial charge in [0, 0.05) is 60.1 Å². The summed E-state index contributed by atoms with van der Waals surface area (Å²) in [4.78, 5) is 15.7. The summed E-state index contributed by atoms with van der Waals surface area (Å²) >= 11 is 0. The maximum absolute atomic E-state index is 6.58. The first-order valence-electron chi connectivity index (χ1n) is 22.4. The SMILES string of the molecule is CC1(C)c2ccccc2-c2cc3c4ccccc4n(-c4cccc(-c5nc(-c6ccc7c(c6)oc6ccccc67)nc(-c6ccc7c(c6)oc6cccc(-c8ccccc8)c67)n5)c4)c3cc21. The molecule has 0 unspecified atom stereocenters. The van der Waals surface area contributed by atoms with Crippen molar-refractivity contribution in [3.63, 3.8) is 0 Å². The van der Waals surface area contributed by atoms with Crippen LogP contribution in [0.5, 0.6) is 0 Å². The topological polar surface area (TPSA) is 69.9 Å². The van der Waals surface area contributed by atoms with Crippen molar-refractivity contribution in [3.05, 3.63) is 205 Å². The molecule has 9 aromatic carbocycles. The van der Waals surface area contributed by atoms with Gasteiger partial charge in [-0.2, -0.15) is 0 Å². The van der Waals surface area contributed by atoms with Gasteiger partial charge >= 0.3 is 0 Å². The molecule has 14 rings (SSSR count). The van der Waals surface area contributed by atoms with E-state index in [1.54, 1.807) is 0 Å². The fraction of sp³-hybridized carbons (Fsp3) is 0.0500. The van der Waals surface area contributed by atoms with Crippen LogP contribution in [0.15, 0.2) is 203 Å². The second-order valence-electron chi connectivity index (χ2n) is 18.0. The molecule has 310 valence electrons. The summed E-state index contributed by atoms with van der Waals surface area (Å²) in [5, 5.41) is 6.68. The Morgan fingerprint density at radius 1 is 0.364 bits per heavy atom. The van der Waals surface area contributed by atoms with Crippen molar-refractivity contribution < 1.29 is 8.83 Å². The molecule has 0 spiro atoms. The van der Waals surface area contributed by atoms with E-state index in [1.807, 2.05) is 36.4 Å². The van der Waals surface area contributed by atoms with E-state index in [0.717, 1.165) is 82.9 Å². The molecule has 4 heterocycles. The summed E-state index contributed by atoms with van der Waals surface area (Å²) in [5.74, 6) is 1.66. The molecule has 0 N–H and O–H groups in total. The second kappa shape index (κ2) is 13.7. The van der Waals surface area contributed by atoms with Crippen LogP contribution >= 0.6 is 0 Å². The monoisotopic (exact) mass is 846 g/mol. The van der Waals surface area contributed by atoms with E-state index >= 15 is 0 Å². The van der Waals surface area contributed by atoms with E-state index < -0.39 is 0 Å². The lowest BCUT2D eigenvalue weighted by atomic mass is 9.82. The third-order valence-electron chi connectivity index (χ3n) is 13.9. The van der Waals surface area contributed by atoms with Crippen LogP contribution in [0.4, 0.5) is 0 Å². The fourth-order valence-electron chi connectivity index (χ4n) is 10.7. The Kier molecular flexibility index (Phi) is 7.64. The van der Waals surface area contributed by atoms with Gasteiger partial charge < -0.3 is 13.4 Å². The highest BCUT2D eigenvalue weighted by Gasteiger charge is 2.36. The van der Waals surface area contributed by atoms with Gasteiger partial charge in [0.1, 0.15) is 22.3 Å². The number of hydrogen-bond acceptors (Lipinski definition) is 5. The molecule has 0 saturated carbocycles. The van der Waals surface area contributed by atoms with Crippen molar-refractivity contribution in [1.82, 2.24) is 19.5 Å². The van der Waals surface area contributed by atoms with Crippen molar-refractivity contribution >= 4 is 65.7 Å². The van der Waals surface area contributed by atoms with Crippen LogP contribution in [-0.4, -0.2) is 19.5 Å². The van der Waals surface area contributed by atoms with Gasteiger partial charge in [0.15, 0.2) is 17.5 Å². The number of hydrogen-bond donors (Lipinski definition) is 0. The molecule has 1 aliphatic carbocycles. The molecule has 0 amide bonds. The van der Waals surface area contributed by atoms with Gasteiger partial charge in [-0.05, 0) is 100 Å². The number of nitrogens with zero attached hydrogens (tertiary/aromatic N) is 4. The van der Waals surface area contributed by atoms with Crippen LogP contribution in [0, 0.1) is 0 Å². The summed E-state index contributed by atoms with van der Waals surface area (Å²) in [6.45, 7) is 4.68. The number of benzene rings is 9. The molecule has 0 fully saturated rings. The molecule has 0 radical (unpaired) electrons. The Balaban J connectivity index is 0.955. The van der Waals surface area contributed by atoms with Gasteiger partial charge in [-0.25, -0.2) is 15.0 Å². The summed E-state index contributed by atoms with van der Waals surface area (Å²) < 4.78 is 15.3. The Hall–Kier alpha value is -8.61. The van der Waals surface area contributed by atoms with E-state index in [9.17, 15) is 0 Å². The highest BCUT2D eigenvalue weighted by molar-refractivity contribution is 6.14. The standard InChI is InChI=1S/C60H38N4O2/c1-60(2)48-22-9-6-18-41(48)46-33-47-42-19-7-10-23-50(42)64(51(47)34-49(46)60)39-17-12-16-36(30-39)57-61-58(37-26-28-44-43-20-8-11-24-52(43)65-54(44)31-37)63-59(62-57)38-27-29-45-55(32-38)66-53-25-13-21-40(56(45)53)35-14-4-3-5-15-35/h3-34H,1-2H3. The highest BCUT2D eigenvalue weighted by atomic mass is 16.3. The van der Waals surface area contributed by atoms with Crippen LogP contribution in [0.1, 0.15) is 25.0 Å². The zero-order valence-electron chi connectivity index (χ0n) is 36.1. The molecule has 0 aliphatic heterocycles. The molecule has 0 atom stereocenters. The van der Waals surface area contributed by atoms with E-state index in [0.29, 0.717) is 17.5 Å². The minimum atomic E-state index is -0.137. The molecule has 6 nitrogen and oxygen atoms in total. The molecular weight excluding hydrogens is 809 g/mol. The minimum absolute atomic E-state index is 0.137. The van der Waals surface area contributed by atoms with Crippen molar-refractivity contribution in [2.45, 2.75) is 19.3 Å². The molecule has 1 aliphatic rings. The molecule has 0 saturated heterocycles. The molecule has 66 heavy (non-hydrogen) atoms. The van der Waals surface area contributed by atoms with E-state index in [1.165, 1.54) is 38.5 Å². The van der Waals surface area contributed by atoms with Crippen LogP contribution in [0.25, 0.3) is 128 Å². The maximum atomic E-state index is 6.58. The number of furan rings is 2. The molecule has 13 aromatic rings. The van der Waals surface area contributed by atoms with Crippen molar-refractivity contribution in [3.8, 4) is 62.1 Å². The number of fused-ring (bicyclic) bond motifs is 12. The summed E-state index contributed by atoms with van der Waals surface area (Å²) in [7, 11) is 0. The van der Waals surface area contributed by atoms with E-state index in [2.05, 4.69) is 176 Å². The smallest absolute Gasteiger partial charge is 0.164 e. The second-order valence-corrected chi connectivity index (χ2v) is 18.0. The van der Waals surface area contributed by atoms with Crippen LogP contribution in [0.2, 0.25) is 0 Å². The molecule has 0 bridgehead atoms. The summed E-state index contributed by atoms with van der Waals surface area (Å²) in [6, 6.07) is 68.3. The lowest BCUT2D eigenvalue weighted by molar-refractivity contribution is 0.661. The minimum Gasteiger partial charge on any atom is -0.456 e. The first-order chi connectivity index (χ1) is 32.4. The first-order valence-corrected chi connectivity index (χ1v) is 22.4. The Bertz CT molecular complexity index is 4150. The van der Waals surface area contributed by atoms with Gasteiger partial charge in [0.05, 0.1) is 11.0 Å². The average Bonchev–Trinajstić information content (AvgIpc) is 4.09. The summed E-state index contributed by atoms with van der Waals surface area (Å²) in [5.41, 5.74) is 16.6. The highest BCUT2D eigenvalue weighted by Crippen LogP contribution is 2.51. The van der Waals surface area contributed by atoms with Crippen molar-refractivity contribution in [2.24, 2.45) is 0 Å². The van der Waals surface area contributed by atoms with E-state index in [4.69, 9.17) is 23.8 Å². The lowest BCUT2D eigenvalue weighted by Crippen LogP contribution is -2.14. The quantitative estimate of drug-likeness (QED) is 0.173. The Morgan fingerprint density at radius 3 is 1.77 bits per heavy atom. The summed E-state index contributed by atoms with van der Waals surface area (Å²) in [6.07, 6.45) is 0. The number of para-hydroxylation sites is 2. The van der Waals surface area contributed by atoms with Crippen molar-refractivity contribution in [2.75, 3.05) is 0 Å². The largest absolute Gasteiger partial charge is 0.456 e. The van der Waals surface area contributed by atoms with Gasteiger partial charge in [0.25, 0.3) is 0 Å². The number of rotatable bonds is 5. The Labute approximate surface area is 379 Å². The van der Waals surface area contributed by atoms with Gasteiger partial charge in [0.2, 0.25) is 0 Å². The normalized spacial score (nSPS) is 13.1. The van der Waals surface area contributed by atoms with E-state index in [-0.39, 0.29) is 5.41 Å².